The van der Waals surface area contributed by atoms with E-state index in [1.807, 2.05) is 0 Å². The molecule has 1 aromatic heterocycles. The maximum atomic E-state index is 5.28. The molecule has 1 saturated carbocycles. The molecule has 2 N–H and O–H groups in total. The average Bonchev–Trinajstić information content (AvgIpc) is 3.09. The van der Waals surface area contributed by atoms with Crippen molar-refractivity contribution in [3.63, 3.8) is 0 Å². The standard InChI is InChI=1S/C20H29N5O/c1-15(2)18-24-17(26-25-18)10-13-22-19(21-3)23-14-20(11-7-12-20)16-8-5-4-6-9-16/h4-6,8-9,15H,7,10-14H2,1-3H3,(H2,21,22,23). The van der Waals surface area contributed by atoms with E-state index in [0.29, 0.717) is 18.9 Å². The Labute approximate surface area is 155 Å². The number of rotatable bonds is 7. The molecule has 6 heteroatoms. The zero-order chi connectivity index (χ0) is 18.4. The minimum Gasteiger partial charge on any atom is -0.356 e. The summed E-state index contributed by atoms with van der Waals surface area (Å²) in [4.78, 5) is 8.74. The molecule has 0 atom stereocenters. The molecule has 0 aliphatic heterocycles. The van der Waals surface area contributed by atoms with Crippen LogP contribution in [0.25, 0.3) is 0 Å². The molecule has 3 rings (SSSR count). The van der Waals surface area contributed by atoms with Gasteiger partial charge in [-0.2, -0.15) is 4.98 Å². The van der Waals surface area contributed by atoms with Crippen molar-refractivity contribution < 1.29 is 4.52 Å². The van der Waals surface area contributed by atoms with Crippen LogP contribution < -0.4 is 10.6 Å². The van der Waals surface area contributed by atoms with Crippen LogP contribution in [0.15, 0.2) is 39.8 Å². The molecule has 1 aromatic carbocycles. The monoisotopic (exact) mass is 355 g/mol. The van der Waals surface area contributed by atoms with Gasteiger partial charge in [-0.1, -0.05) is 55.8 Å². The Morgan fingerprint density at radius 3 is 2.58 bits per heavy atom. The summed E-state index contributed by atoms with van der Waals surface area (Å²) in [5, 5.41) is 10.8. The van der Waals surface area contributed by atoms with E-state index in [-0.39, 0.29) is 11.3 Å². The molecular weight excluding hydrogens is 326 g/mol. The predicted octanol–water partition coefficient (Wildman–Crippen LogP) is 3.02. The Kier molecular flexibility index (Phi) is 5.91. The number of benzene rings is 1. The minimum absolute atomic E-state index is 0.234. The maximum absolute atomic E-state index is 5.28. The first kappa shape index (κ1) is 18.4. The molecule has 1 fully saturated rings. The van der Waals surface area contributed by atoms with Crippen LogP contribution in [0.2, 0.25) is 0 Å². The summed E-state index contributed by atoms with van der Waals surface area (Å²) in [5.74, 6) is 2.52. The van der Waals surface area contributed by atoms with Crippen LogP contribution >= 0.6 is 0 Å². The second-order valence-electron chi connectivity index (χ2n) is 7.30. The van der Waals surface area contributed by atoms with E-state index in [4.69, 9.17) is 4.52 Å². The SMILES string of the molecule is CN=C(NCCc1nc(C(C)C)no1)NCC1(c2ccccc2)CCC1. The highest BCUT2D eigenvalue weighted by Crippen LogP contribution is 2.43. The molecule has 0 unspecified atom stereocenters. The van der Waals surface area contributed by atoms with Crippen LogP contribution in [-0.2, 0) is 11.8 Å². The molecule has 0 amide bonds. The van der Waals surface area contributed by atoms with Gasteiger partial charge in [-0.05, 0) is 18.4 Å². The van der Waals surface area contributed by atoms with E-state index < -0.39 is 0 Å². The van der Waals surface area contributed by atoms with Crippen LogP contribution in [0.4, 0.5) is 0 Å². The van der Waals surface area contributed by atoms with E-state index >= 15 is 0 Å². The Bertz CT molecular complexity index is 719. The number of hydrogen-bond donors (Lipinski definition) is 2. The Morgan fingerprint density at radius 1 is 1.23 bits per heavy atom. The zero-order valence-corrected chi connectivity index (χ0v) is 16.0. The molecule has 2 aromatic rings. The van der Waals surface area contributed by atoms with Gasteiger partial charge in [0.15, 0.2) is 11.8 Å². The maximum Gasteiger partial charge on any atom is 0.228 e. The highest BCUT2D eigenvalue weighted by Gasteiger charge is 2.38. The first-order valence-electron chi connectivity index (χ1n) is 9.45. The van der Waals surface area contributed by atoms with Gasteiger partial charge in [-0.15, -0.1) is 0 Å². The molecule has 26 heavy (non-hydrogen) atoms. The third kappa shape index (κ3) is 4.23. The highest BCUT2D eigenvalue weighted by atomic mass is 16.5. The number of nitrogens with one attached hydrogen (secondary N) is 2. The minimum atomic E-state index is 0.234. The largest absolute Gasteiger partial charge is 0.356 e. The van der Waals surface area contributed by atoms with Gasteiger partial charge in [-0.3, -0.25) is 4.99 Å². The van der Waals surface area contributed by atoms with E-state index in [9.17, 15) is 0 Å². The van der Waals surface area contributed by atoms with Crippen molar-refractivity contribution in [1.29, 1.82) is 0 Å². The van der Waals surface area contributed by atoms with Gasteiger partial charge in [0.05, 0.1) is 0 Å². The van der Waals surface area contributed by atoms with Gasteiger partial charge in [0.2, 0.25) is 5.89 Å². The highest BCUT2D eigenvalue weighted by molar-refractivity contribution is 5.79. The topological polar surface area (TPSA) is 75.3 Å². The first-order chi connectivity index (χ1) is 12.6. The lowest BCUT2D eigenvalue weighted by Gasteiger charge is -2.43. The number of aromatic nitrogens is 2. The quantitative estimate of drug-likeness (QED) is 0.590. The second kappa shape index (κ2) is 8.34. The Balaban J connectivity index is 1.48. The van der Waals surface area contributed by atoms with Crippen molar-refractivity contribution in [2.24, 2.45) is 4.99 Å². The van der Waals surface area contributed by atoms with Gasteiger partial charge in [0.25, 0.3) is 0 Å². The number of hydrogen-bond acceptors (Lipinski definition) is 4. The van der Waals surface area contributed by atoms with Crippen LogP contribution in [0.3, 0.4) is 0 Å². The van der Waals surface area contributed by atoms with E-state index in [1.54, 1.807) is 7.05 Å². The van der Waals surface area contributed by atoms with Crippen molar-refractivity contribution in [3.8, 4) is 0 Å². The summed E-state index contributed by atoms with van der Waals surface area (Å²) >= 11 is 0. The summed E-state index contributed by atoms with van der Waals surface area (Å²) in [6, 6.07) is 10.8. The molecule has 1 heterocycles. The summed E-state index contributed by atoms with van der Waals surface area (Å²) in [6.45, 7) is 5.72. The van der Waals surface area contributed by atoms with Crippen molar-refractivity contribution in [1.82, 2.24) is 20.8 Å². The molecule has 1 aliphatic carbocycles. The van der Waals surface area contributed by atoms with Crippen LogP contribution in [-0.4, -0.2) is 36.2 Å². The number of nitrogens with zero attached hydrogens (tertiary/aromatic N) is 3. The van der Waals surface area contributed by atoms with Crippen molar-refractivity contribution >= 4 is 5.96 Å². The normalized spacial score (nSPS) is 16.4. The summed E-state index contributed by atoms with van der Waals surface area (Å²) in [5.41, 5.74) is 1.65. The van der Waals surface area contributed by atoms with E-state index in [1.165, 1.54) is 24.8 Å². The molecule has 1 aliphatic rings. The fourth-order valence-electron chi connectivity index (χ4n) is 3.33. The molecule has 6 nitrogen and oxygen atoms in total. The second-order valence-corrected chi connectivity index (χ2v) is 7.30. The van der Waals surface area contributed by atoms with Crippen molar-refractivity contribution in [2.75, 3.05) is 20.1 Å². The molecule has 0 bridgehead atoms. The predicted molar refractivity (Wildman–Crippen MR) is 103 cm³/mol. The first-order valence-corrected chi connectivity index (χ1v) is 9.45. The van der Waals surface area contributed by atoms with Crippen LogP contribution in [0, 0.1) is 0 Å². The fraction of sp³-hybridized carbons (Fsp3) is 0.550. The lowest BCUT2D eigenvalue weighted by atomic mass is 9.64. The third-order valence-corrected chi connectivity index (χ3v) is 5.15. The van der Waals surface area contributed by atoms with Crippen LogP contribution in [0.1, 0.15) is 56.3 Å². The van der Waals surface area contributed by atoms with E-state index in [0.717, 1.165) is 18.3 Å². The molecule has 0 saturated heterocycles. The molecule has 0 spiro atoms. The van der Waals surface area contributed by atoms with Crippen molar-refractivity contribution in [2.45, 2.75) is 50.9 Å². The van der Waals surface area contributed by atoms with Gasteiger partial charge in [-0.25, -0.2) is 0 Å². The number of guanidine groups is 1. The van der Waals surface area contributed by atoms with Gasteiger partial charge in [0.1, 0.15) is 0 Å². The molecule has 0 radical (unpaired) electrons. The van der Waals surface area contributed by atoms with Crippen molar-refractivity contribution in [3.05, 3.63) is 47.6 Å². The Morgan fingerprint density at radius 2 is 2.00 bits per heavy atom. The summed E-state index contributed by atoms with van der Waals surface area (Å²) < 4.78 is 5.28. The van der Waals surface area contributed by atoms with Gasteiger partial charge in [0, 0.05) is 37.9 Å². The van der Waals surface area contributed by atoms with Gasteiger partial charge >= 0.3 is 0 Å². The third-order valence-electron chi connectivity index (χ3n) is 5.15. The smallest absolute Gasteiger partial charge is 0.228 e. The lowest BCUT2D eigenvalue weighted by molar-refractivity contribution is 0.244. The lowest BCUT2D eigenvalue weighted by Crippen LogP contribution is -2.49. The molecule has 140 valence electrons. The average molecular weight is 355 g/mol. The van der Waals surface area contributed by atoms with Crippen LogP contribution in [0.5, 0.6) is 0 Å². The summed E-state index contributed by atoms with van der Waals surface area (Å²) in [6.07, 6.45) is 4.42. The fourth-order valence-corrected chi connectivity index (χ4v) is 3.33. The van der Waals surface area contributed by atoms with E-state index in [2.05, 4.69) is 69.9 Å². The zero-order valence-electron chi connectivity index (χ0n) is 16.0. The number of aliphatic imine (C=N–C) groups is 1. The molecular formula is C20H29N5O. The van der Waals surface area contributed by atoms with Gasteiger partial charge < -0.3 is 15.2 Å². The Hall–Kier alpha value is -2.37. The summed E-state index contributed by atoms with van der Waals surface area (Å²) in [7, 11) is 1.80.